The molecule has 0 radical (unpaired) electrons. The number of rotatable bonds is 12. The topological polar surface area (TPSA) is 12.0 Å². The second-order valence-electron chi connectivity index (χ2n) is 8.54. The molecule has 1 heteroatoms. The first-order valence-electron chi connectivity index (χ1n) is 10.7. The Labute approximate surface area is 147 Å². The van der Waals surface area contributed by atoms with Crippen LogP contribution in [-0.2, 0) is 0 Å². The molecular formula is C22H45N. The zero-order valence-corrected chi connectivity index (χ0v) is 17.2. The third-order valence-electron chi connectivity index (χ3n) is 7.70. The van der Waals surface area contributed by atoms with Crippen LogP contribution in [0, 0.1) is 16.2 Å². The number of hydrogen-bond donors (Lipinski definition) is 1. The Balaban J connectivity index is 3.33. The van der Waals surface area contributed by atoms with Gasteiger partial charge in [-0.3, -0.25) is 0 Å². The Kier molecular flexibility index (Phi) is 8.63. The van der Waals surface area contributed by atoms with E-state index in [-0.39, 0.29) is 0 Å². The van der Waals surface area contributed by atoms with Crippen LogP contribution >= 0.6 is 0 Å². The molecule has 1 aliphatic carbocycles. The summed E-state index contributed by atoms with van der Waals surface area (Å²) < 4.78 is 0. The molecule has 0 heterocycles. The summed E-state index contributed by atoms with van der Waals surface area (Å²) in [7, 11) is 2.11. The molecule has 2 atom stereocenters. The molecule has 1 saturated carbocycles. The van der Waals surface area contributed by atoms with Crippen molar-refractivity contribution in [1.29, 1.82) is 0 Å². The maximum atomic E-state index is 3.40. The third-order valence-corrected chi connectivity index (χ3v) is 7.70. The van der Waals surface area contributed by atoms with Crippen LogP contribution in [0.1, 0.15) is 112 Å². The van der Waals surface area contributed by atoms with Gasteiger partial charge in [0.2, 0.25) is 0 Å². The van der Waals surface area contributed by atoms with Gasteiger partial charge in [0, 0.05) is 0 Å². The van der Waals surface area contributed by atoms with Gasteiger partial charge < -0.3 is 5.32 Å². The lowest BCUT2D eigenvalue weighted by Gasteiger charge is -2.60. The van der Waals surface area contributed by atoms with Gasteiger partial charge in [-0.25, -0.2) is 0 Å². The minimum atomic E-state index is 0.506. The molecule has 1 N–H and O–H groups in total. The Bertz CT molecular complexity index is 318. The predicted octanol–water partition coefficient (Wildman–Crippen LogP) is 6.96. The Morgan fingerprint density at radius 3 is 1.96 bits per heavy atom. The van der Waals surface area contributed by atoms with Crippen LogP contribution in [-0.4, -0.2) is 13.6 Å². The van der Waals surface area contributed by atoms with Crippen molar-refractivity contribution in [1.82, 2.24) is 5.32 Å². The molecule has 0 spiro atoms. The SMILES string of the molecule is CCCC(CCCNC)(C1(CC)CCCC1)[C@@](C)(CC)CCC. The molecule has 23 heavy (non-hydrogen) atoms. The van der Waals surface area contributed by atoms with E-state index in [4.69, 9.17) is 0 Å². The molecule has 0 bridgehead atoms. The van der Waals surface area contributed by atoms with E-state index in [1.807, 2.05) is 0 Å². The minimum Gasteiger partial charge on any atom is -0.320 e. The normalized spacial score (nSPS) is 22.7. The molecule has 1 rings (SSSR count). The zero-order chi connectivity index (χ0) is 17.4. The Morgan fingerprint density at radius 2 is 1.52 bits per heavy atom. The zero-order valence-electron chi connectivity index (χ0n) is 17.2. The van der Waals surface area contributed by atoms with E-state index in [1.54, 1.807) is 0 Å². The lowest BCUT2D eigenvalue weighted by Crippen LogP contribution is -2.51. The molecular weight excluding hydrogens is 278 g/mol. The summed E-state index contributed by atoms with van der Waals surface area (Å²) in [6, 6.07) is 0. The standard InChI is InChI=1S/C22H45N/c1-7-14-20(5,9-3)22(15-8-2,18-13-19-23-6)21(10-4)16-11-12-17-21/h23H,7-19H2,1-6H3/t20-,22?/m0/s1. The van der Waals surface area contributed by atoms with Gasteiger partial charge in [-0.05, 0) is 74.8 Å². The first kappa shape index (κ1) is 21.0. The van der Waals surface area contributed by atoms with Gasteiger partial charge in [0.1, 0.15) is 0 Å². The average Bonchev–Trinajstić information content (AvgIpc) is 3.04. The highest BCUT2D eigenvalue weighted by Gasteiger charge is 2.57. The highest BCUT2D eigenvalue weighted by atomic mass is 14.8. The monoisotopic (exact) mass is 323 g/mol. The van der Waals surface area contributed by atoms with Crippen LogP contribution < -0.4 is 5.32 Å². The summed E-state index contributed by atoms with van der Waals surface area (Å²) >= 11 is 0. The van der Waals surface area contributed by atoms with Crippen molar-refractivity contribution in [2.75, 3.05) is 13.6 Å². The molecule has 1 aliphatic rings. The maximum Gasteiger partial charge on any atom is -0.00517 e. The van der Waals surface area contributed by atoms with E-state index in [9.17, 15) is 0 Å². The summed E-state index contributed by atoms with van der Waals surface area (Å²) in [5.41, 5.74) is 1.66. The quantitative estimate of drug-likeness (QED) is 0.383. The molecule has 1 unspecified atom stereocenters. The molecule has 1 fully saturated rings. The molecule has 0 saturated heterocycles. The van der Waals surface area contributed by atoms with Crippen molar-refractivity contribution >= 4 is 0 Å². The molecule has 0 aliphatic heterocycles. The highest BCUT2D eigenvalue weighted by molar-refractivity contribution is 5.07. The second kappa shape index (κ2) is 9.44. The Morgan fingerprint density at radius 1 is 0.913 bits per heavy atom. The number of nitrogens with one attached hydrogen (secondary N) is 1. The Hall–Kier alpha value is -0.0400. The van der Waals surface area contributed by atoms with Crippen LogP contribution in [0.15, 0.2) is 0 Å². The van der Waals surface area contributed by atoms with Crippen molar-refractivity contribution < 1.29 is 0 Å². The maximum absolute atomic E-state index is 3.40. The first-order valence-corrected chi connectivity index (χ1v) is 10.7. The lowest BCUT2D eigenvalue weighted by molar-refractivity contribution is -0.106. The summed E-state index contributed by atoms with van der Waals surface area (Å²) in [5, 5.41) is 3.40. The van der Waals surface area contributed by atoms with E-state index in [0.29, 0.717) is 16.2 Å². The fraction of sp³-hybridized carbons (Fsp3) is 1.00. The van der Waals surface area contributed by atoms with Crippen LogP contribution in [0.2, 0.25) is 0 Å². The van der Waals surface area contributed by atoms with Crippen molar-refractivity contribution in [2.24, 2.45) is 16.2 Å². The summed E-state index contributed by atoms with van der Waals surface area (Å²) in [4.78, 5) is 0. The van der Waals surface area contributed by atoms with Gasteiger partial charge in [0.05, 0.1) is 0 Å². The fourth-order valence-electron chi connectivity index (χ4n) is 6.42. The minimum absolute atomic E-state index is 0.506. The largest absolute Gasteiger partial charge is 0.320 e. The van der Waals surface area contributed by atoms with E-state index < -0.39 is 0 Å². The van der Waals surface area contributed by atoms with E-state index in [0.717, 1.165) is 0 Å². The van der Waals surface area contributed by atoms with Crippen molar-refractivity contribution in [2.45, 2.75) is 112 Å². The summed E-state index contributed by atoms with van der Waals surface area (Å²) in [5.74, 6) is 0. The van der Waals surface area contributed by atoms with E-state index in [2.05, 4.69) is 47.0 Å². The smallest absolute Gasteiger partial charge is 0.00517 e. The fourth-order valence-corrected chi connectivity index (χ4v) is 6.42. The van der Waals surface area contributed by atoms with Crippen LogP contribution in [0.5, 0.6) is 0 Å². The molecule has 0 aromatic rings. The van der Waals surface area contributed by atoms with Gasteiger partial charge >= 0.3 is 0 Å². The van der Waals surface area contributed by atoms with Gasteiger partial charge in [-0.15, -0.1) is 0 Å². The van der Waals surface area contributed by atoms with Crippen LogP contribution in [0.25, 0.3) is 0 Å². The lowest BCUT2D eigenvalue weighted by atomic mass is 9.45. The van der Waals surface area contributed by atoms with Crippen LogP contribution in [0.4, 0.5) is 0 Å². The van der Waals surface area contributed by atoms with E-state index >= 15 is 0 Å². The molecule has 0 amide bonds. The van der Waals surface area contributed by atoms with Gasteiger partial charge in [0.25, 0.3) is 0 Å². The molecule has 0 aromatic carbocycles. The highest BCUT2D eigenvalue weighted by Crippen LogP contribution is 2.67. The van der Waals surface area contributed by atoms with Gasteiger partial charge in [-0.2, -0.15) is 0 Å². The van der Waals surface area contributed by atoms with Crippen LogP contribution in [0.3, 0.4) is 0 Å². The summed E-state index contributed by atoms with van der Waals surface area (Å²) in [6.07, 6.45) is 17.0. The average molecular weight is 324 g/mol. The third kappa shape index (κ3) is 3.97. The van der Waals surface area contributed by atoms with Crippen molar-refractivity contribution in [3.63, 3.8) is 0 Å². The predicted molar refractivity (Wildman–Crippen MR) is 105 cm³/mol. The molecule has 138 valence electrons. The van der Waals surface area contributed by atoms with Crippen molar-refractivity contribution in [3.05, 3.63) is 0 Å². The van der Waals surface area contributed by atoms with Crippen molar-refractivity contribution in [3.8, 4) is 0 Å². The molecule has 0 aromatic heterocycles. The molecule has 1 nitrogen and oxygen atoms in total. The van der Waals surface area contributed by atoms with Gasteiger partial charge in [0.15, 0.2) is 0 Å². The second-order valence-corrected chi connectivity index (χ2v) is 8.54. The first-order chi connectivity index (χ1) is 11.0. The van der Waals surface area contributed by atoms with E-state index in [1.165, 1.54) is 83.6 Å². The summed E-state index contributed by atoms with van der Waals surface area (Å²) in [6.45, 7) is 13.6. The van der Waals surface area contributed by atoms with Gasteiger partial charge in [-0.1, -0.05) is 66.7 Å². The number of hydrogen-bond acceptors (Lipinski definition) is 1.